The summed E-state index contributed by atoms with van der Waals surface area (Å²) < 4.78 is 7.43. The van der Waals surface area contributed by atoms with E-state index in [1.54, 1.807) is 24.6 Å². The van der Waals surface area contributed by atoms with Gasteiger partial charge in [-0.05, 0) is 66.2 Å². The van der Waals surface area contributed by atoms with Crippen LogP contribution in [0.25, 0.3) is 50.5 Å². The van der Waals surface area contributed by atoms with E-state index in [2.05, 4.69) is 10.3 Å². The number of carbonyl (C=O) groups excluding carboxylic acids is 1. The van der Waals surface area contributed by atoms with Crippen molar-refractivity contribution in [3.05, 3.63) is 127 Å². The van der Waals surface area contributed by atoms with E-state index in [1.807, 2.05) is 95.6 Å². The van der Waals surface area contributed by atoms with E-state index >= 15 is 0 Å². The molecule has 0 aliphatic carbocycles. The summed E-state index contributed by atoms with van der Waals surface area (Å²) >= 11 is 0. The van der Waals surface area contributed by atoms with E-state index in [0.717, 1.165) is 39.0 Å². The molecule has 1 amide bonds. The quantitative estimate of drug-likeness (QED) is 0.254. The van der Waals surface area contributed by atoms with E-state index in [9.17, 15) is 4.79 Å². The van der Waals surface area contributed by atoms with Crippen LogP contribution in [0.1, 0.15) is 15.9 Å². The first-order valence-electron chi connectivity index (χ1n) is 13.1. The Hall–Kier alpha value is -5.76. The molecule has 0 atom stereocenters. The summed E-state index contributed by atoms with van der Waals surface area (Å²) in [6, 6.07) is 32.8. The molecule has 0 radical (unpaired) electrons. The maximum absolute atomic E-state index is 13.0. The first kappa shape index (κ1) is 24.3. The first-order valence-corrected chi connectivity index (χ1v) is 13.1. The zero-order valence-electron chi connectivity index (χ0n) is 21.9. The third-order valence-corrected chi connectivity index (χ3v) is 7.01. The smallest absolute Gasteiger partial charge is 0.251 e. The summed E-state index contributed by atoms with van der Waals surface area (Å²) in [6.07, 6.45) is 3.31. The number of amides is 1. The highest BCUT2D eigenvalue weighted by Crippen LogP contribution is 2.31. The molecule has 8 nitrogen and oxygen atoms in total. The molecule has 0 bridgehead atoms. The summed E-state index contributed by atoms with van der Waals surface area (Å²) in [7, 11) is 0. The van der Waals surface area contributed by atoms with Crippen molar-refractivity contribution >= 4 is 33.9 Å². The minimum atomic E-state index is -0.173. The Bertz CT molecular complexity index is 2030. The number of hydrogen-bond acceptors (Lipinski definition) is 6. The van der Waals surface area contributed by atoms with Crippen LogP contribution in [0.5, 0.6) is 0 Å². The highest BCUT2D eigenvalue weighted by Gasteiger charge is 2.19. The number of fused-ring (bicyclic) bond motifs is 2. The van der Waals surface area contributed by atoms with Gasteiger partial charge in [0.15, 0.2) is 11.5 Å². The molecule has 7 rings (SSSR count). The van der Waals surface area contributed by atoms with Gasteiger partial charge < -0.3 is 15.5 Å². The number of nitrogens with one attached hydrogen (secondary N) is 1. The number of nitrogen functional groups attached to an aromatic ring is 1. The lowest BCUT2D eigenvalue weighted by atomic mass is 10.1. The van der Waals surface area contributed by atoms with Gasteiger partial charge in [-0.3, -0.25) is 9.36 Å². The van der Waals surface area contributed by atoms with Crippen molar-refractivity contribution in [2.45, 2.75) is 6.54 Å². The lowest BCUT2D eigenvalue weighted by molar-refractivity contribution is 0.0951. The summed E-state index contributed by atoms with van der Waals surface area (Å²) in [4.78, 5) is 27.1. The monoisotopic (exact) mass is 536 g/mol. The predicted molar refractivity (Wildman–Crippen MR) is 159 cm³/mol. The number of imidazole rings is 1. The van der Waals surface area contributed by atoms with E-state index in [0.29, 0.717) is 35.0 Å². The van der Waals surface area contributed by atoms with Gasteiger partial charge in [-0.25, -0.2) is 15.0 Å². The molecule has 198 valence electrons. The molecule has 0 fully saturated rings. The van der Waals surface area contributed by atoms with Crippen LogP contribution in [0.2, 0.25) is 0 Å². The van der Waals surface area contributed by atoms with Crippen LogP contribution in [-0.2, 0) is 6.54 Å². The number of benzene rings is 3. The molecule has 0 aliphatic rings. The molecule has 0 unspecified atom stereocenters. The summed E-state index contributed by atoms with van der Waals surface area (Å²) in [6.45, 7) is 0.389. The standard InChI is InChI=1S/C33H24N6O2/c34-30-26(7-4-17-35-30)31-38-28-15-14-27(22-5-2-1-3-6-22)37-32(28)39(31)25-12-10-24(11-13-25)33(40)36-20-21-8-9-23-16-18-41-29(23)19-21/h1-19H,20H2,(H2,34,35)(H,36,40). The molecule has 0 saturated heterocycles. The topological polar surface area (TPSA) is 112 Å². The second kappa shape index (κ2) is 10.1. The van der Waals surface area contributed by atoms with Crippen molar-refractivity contribution in [3.63, 3.8) is 0 Å². The van der Waals surface area contributed by atoms with Crippen LogP contribution in [0, 0.1) is 0 Å². The van der Waals surface area contributed by atoms with Crippen molar-refractivity contribution in [2.75, 3.05) is 5.73 Å². The van der Waals surface area contributed by atoms with Gasteiger partial charge in [-0.15, -0.1) is 0 Å². The van der Waals surface area contributed by atoms with Gasteiger partial charge in [0, 0.05) is 34.9 Å². The Kier molecular flexibility index (Phi) is 5.98. The number of nitrogens with zero attached hydrogens (tertiary/aromatic N) is 4. The van der Waals surface area contributed by atoms with Gasteiger partial charge in [0.1, 0.15) is 16.9 Å². The van der Waals surface area contributed by atoms with Gasteiger partial charge in [0.2, 0.25) is 0 Å². The summed E-state index contributed by atoms with van der Waals surface area (Å²) in [5.74, 6) is 0.817. The highest BCUT2D eigenvalue weighted by molar-refractivity contribution is 5.94. The average Bonchev–Trinajstić information content (AvgIpc) is 3.64. The minimum absolute atomic E-state index is 0.173. The number of furan rings is 1. The Morgan fingerprint density at radius 3 is 2.56 bits per heavy atom. The van der Waals surface area contributed by atoms with Crippen LogP contribution in [0.3, 0.4) is 0 Å². The van der Waals surface area contributed by atoms with Crippen molar-refractivity contribution < 1.29 is 9.21 Å². The van der Waals surface area contributed by atoms with Gasteiger partial charge in [0.05, 0.1) is 17.5 Å². The summed E-state index contributed by atoms with van der Waals surface area (Å²) in [5, 5.41) is 4.02. The molecule has 7 aromatic rings. The van der Waals surface area contributed by atoms with Crippen LogP contribution in [0.15, 0.2) is 120 Å². The SMILES string of the molecule is Nc1ncccc1-c1nc2ccc(-c3ccccc3)nc2n1-c1ccc(C(=O)NCc2ccc3ccoc3c2)cc1. The average molecular weight is 537 g/mol. The lowest BCUT2D eigenvalue weighted by Gasteiger charge is -2.12. The molecule has 4 heterocycles. The normalized spacial score (nSPS) is 11.2. The summed E-state index contributed by atoms with van der Waals surface area (Å²) in [5.41, 5.74) is 13.3. The molecule has 4 aromatic heterocycles. The van der Waals surface area contributed by atoms with E-state index in [1.165, 1.54) is 0 Å². The maximum atomic E-state index is 13.0. The van der Waals surface area contributed by atoms with E-state index in [4.69, 9.17) is 20.1 Å². The molecule has 0 saturated carbocycles. The van der Waals surface area contributed by atoms with Gasteiger partial charge in [-0.1, -0.05) is 42.5 Å². The van der Waals surface area contributed by atoms with Crippen LogP contribution < -0.4 is 11.1 Å². The Balaban J connectivity index is 1.24. The van der Waals surface area contributed by atoms with Crippen LogP contribution in [-0.4, -0.2) is 25.4 Å². The number of pyridine rings is 2. The molecular weight excluding hydrogens is 512 g/mol. The zero-order valence-corrected chi connectivity index (χ0v) is 21.9. The van der Waals surface area contributed by atoms with Gasteiger partial charge in [-0.2, -0.15) is 0 Å². The first-order chi connectivity index (χ1) is 20.1. The van der Waals surface area contributed by atoms with Crippen LogP contribution >= 0.6 is 0 Å². The second-order valence-corrected chi connectivity index (χ2v) is 9.63. The Labute approximate surface area is 235 Å². The number of hydrogen-bond donors (Lipinski definition) is 2. The zero-order chi connectivity index (χ0) is 27.8. The van der Waals surface area contributed by atoms with Gasteiger partial charge in [0.25, 0.3) is 5.91 Å². The maximum Gasteiger partial charge on any atom is 0.251 e. The third kappa shape index (κ3) is 4.57. The fourth-order valence-corrected chi connectivity index (χ4v) is 4.91. The molecule has 0 spiro atoms. The molecular formula is C33H24N6O2. The van der Waals surface area contributed by atoms with E-state index < -0.39 is 0 Å². The van der Waals surface area contributed by atoms with Crippen molar-refractivity contribution in [1.29, 1.82) is 0 Å². The minimum Gasteiger partial charge on any atom is -0.464 e. The van der Waals surface area contributed by atoms with Gasteiger partial charge >= 0.3 is 0 Å². The Morgan fingerprint density at radius 1 is 0.878 bits per heavy atom. The fourth-order valence-electron chi connectivity index (χ4n) is 4.91. The van der Waals surface area contributed by atoms with Crippen LogP contribution in [0.4, 0.5) is 5.82 Å². The molecule has 0 aliphatic heterocycles. The predicted octanol–water partition coefficient (Wildman–Crippen LogP) is 6.41. The van der Waals surface area contributed by atoms with E-state index in [-0.39, 0.29) is 5.91 Å². The molecule has 3 N–H and O–H groups in total. The molecule has 41 heavy (non-hydrogen) atoms. The number of carbonyl (C=O) groups is 1. The number of rotatable bonds is 6. The van der Waals surface area contributed by atoms with Crippen molar-refractivity contribution in [3.8, 4) is 28.3 Å². The van der Waals surface area contributed by atoms with Crippen molar-refractivity contribution in [1.82, 2.24) is 24.8 Å². The third-order valence-electron chi connectivity index (χ3n) is 7.01. The number of aromatic nitrogens is 4. The molecule has 3 aromatic carbocycles. The highest BCUT2D eigenvalue weighted by atomic mass is 16.3. The van der Waals surface area contributed by atoms with Crippen molar-refractivity contribution in [2.24, 2.45) is 0 Å². The fraction of sp³-hybridized carbons (Fsp3) is 0.0303. The number of nitrogens with two attached hydrogens (primary N) is 1. The second-order valence-electron chi connectivity index (χ2n) is 9.63. The Morgan fingerprint density at radius 2 is 1.73 bits per heavy atom. The number of anilines is 1. The lowest BCUT2D eigenvalue weighted by Crippen LogP contribution is -2.22. The molecule has 8 heteroatoms. The largest absolute Gasteiger partial charge is 0.464 e.